The van der Waals surface area contributed by atoms with E-state index in [4.69, 9.17) is 9.47 Å². The third-order valence-electron chi connectivity index (χ3n) is 5.92. The van der Waals surface area contributed by atoms with Gasteiger partial charge in [0.2, 0.25) is 5.79 Å². The Bertz CT molecular complexity index is 734. The molecular weight excluding hydrogens is 332 g/mol. The van der Waals surface area contributed by atoms with Crippen molar-refractivity contribution in [2.45, 2.75) is 57.0 Å². The molecule has 1 aliphatic carbocycles. The van der Waals surface area contributed by atoms with Crippen LogP contribution in [0.4, 0.5) is 0 Å². The molecule has 2 aromatic rings. The number of rotatable bonds is 3. The lowest BCUT2D eigenvalue weighted by Gasteiger charge is -2.47. The van der Waals surface area contributed by atoms with Gasteiger partial charge in [0.15, 0.2) is 0 Å². The first-order valence-electron chi connectivity index (χ1n) is 9.36. The molecule has 3 aliphatic rings. The molecule has 1 aromatic carbocycles. The van der Waals surface area contributed by atoms with Gasteiger partial charge in [-0.1, -0.05) is 12.5 Å². The monoisotopic (exact) mass is 356 g/mol. The van der Waals surface area contributed by atoms with E-state index in [1.165, 1.54) is 35.3 Å². The van der Waals surface area contributed by atoms with Crippen molar-refractivity contribution in [2.24, 2.45) is 0 Å². The normalized spacial score (nSPS) is 23.0. The topological polar surface area (TPSA) is 34.6 Å². The zero-order chi connectivity index (χ0) is 16.7. The lowest BCUT2D eigenvalue weighted by Crippen LogP contribution is -2.54. The third-order valence-corrected chi connectivity index (χ3v) is 6.70. The molecule has 0 bridgehead atoms. The van der Waals surface area contributed by atoms with E-state index in [2.05, 4.69) is 28.1 Å². The van der Waals surface area contributed by atoms with Crippen molar-refractivity contribution in [3.8, 4) is 5.75 Å². The Morgan fingerprint density at radius 2 is 2.12 bits per heavy atom. The van der Waals surface area contributed by atoms with Crippen LogP contribution < -0.4 is 4.74 Å². The van der Waals surface area contributed by atoms with Crippen LogP contribution in [0.2, 0.25) is 0 Å². The quantitative estimate of drug-likeness (QED) is 0.833. The van der Waals surface area contributed by atoms with E-state index in [0.29, 0.717) is 6.61 Å². The number of hydrogen-bond acceptors (Lipinski definition) is 5. The van der Waals surface area contributed by atoms with Crippen LogP contribution in [0, 0.1) is 0 Å². The second-order valence-corrected chi connectivity index (χ2v) is 8.48. The minimum absolute atomic E-state index is 0.396. The van der Waals surface area contributed by atoms with E-state index in [1.807, 2.05) is 11.7 Å². The Hall–Kier alpha value is -1.43. The summed E-state index contributed by atoms with van der Waals surface area (Å²) >= 11 is 1.70. The van der Waals surface area contributed by atoms with Gasteiger partial charge in [-0.3, -0.25) is 9.88 Å². The zero-order valence-corrected chi connectivity index (χ0v) is 15.3. The molecule has 0 atom stereocenters. The highest BCUT2D eigenvalue weighted by molar-refractivity contribution is 7.09. The summed E-state index contributed by atoms with van der Waals surface area (Å²) in [6.07, 6.45) is 8.98. The average molecular weight is 356 g/mol. The number of likely N-dealkylation sites (tertiary alicyclic amines) is 1. The Morgan fingerprint density at radius 3 is 2.84 bits per heavy atom. The third kappa shape index (κ3) is 3.09. The molecule has 1 saturated carbocycles. The van der Waals surface area contributed by atoms with Crippen molar-refractivity contribution < 1.29 is 9.47 Å². The molecule has 4 nitrogen and oxygen atoms in total. The molecule has 0 unspecified atom stereocenters. The van der Waals surface area contributed by atoms with Crippen molar-refractivity contribution in [3.63, 3.8) is 0 Å². The molecule has 25 heavy (non-hydrogen) atoms. The summed E-state index contributed by atoms with van der Waals surface area (Å²) in [4.78, 5) is 8.08. The molecule has 0 N–H and O–H groups in total. The van der Waals surface area contributed by atoms with E-state index < -0.39 is 5.79 Å². The summed E-state index contributed by atoms with van der Waals surface area (Å²) in [5, 5.41) is 0. The molecule has 0 radical (unpaired) electrons. The molecule has 1 spiro atoms. The molecule has 2 fully saturated rings. The Balaban J connectivity index is 1.27. The molecular formula is C20H24N2O2S. The molecule has 1 saturated heterocycles. The van der Waals surface area contributed by atoms with Gasteiger partial charge >= 0.3 is 0 Å². The number of piperidine rings is 1. The van der Waals surface area contributed by atoms with E-state index >= 15 is 0 Å². The maximum Gasteiger partial charge on any atom is 0.213 e. The first-order chi connectivity index (χ1) is 12.3. The first-order valence-corrected chi connectivity index (χ1v) is 10.2. The lowest BCUT2D eigenvalue weighted by molar-refractivity contribution is -0.231. The van der Waals surface area contributed by atoms with Crippen molar-refractivity contribution in [1.29, 1.82) is 0 Å². The maximum absolute atomic E-state index is 6.37. The molecule has 132 valence electrons. The van der Waals surface area contributed by atoms with Crippen molar-refractivity contribution in [2.75, 3.05) is 13.1 Å². The van der Waals surface area contributed by atoms with E-state index in [1.54, 1.807) is 11.3 Å². The molecule has 2 aliphatic heterocycles. The molecule has 5 rings (SSSR count). The highest BCUT2D eigenvalue weighted by Gasteiger charge is 2.42. The summed E-state index contributed by atoms with van der Waals surface area (Å²) in [5.41, 5.74) is 4.36. The largest absolute Gasteiger partial charge is 0.462 e. The molecule has 5 heteroatoms. The minimum Gasteiger partial charge on any atom is -0.462 e. The number of thiazole rings is 1. The van der Waals surface area contributed by atoms with Gasteiger partial charge in [-0.05, 0) is 30.5 Å². The second-order valence-electron chi connectivity index (χ2n) is 7.51. The SMILES string of the molecule is c1ncc(Cc2ccc3c(c2)COC2(CCN(C4CCC4)CC2)O3)s1. The number of hydrogen-bond donors (Lipinski definition) is 0. The van der Waals surface area contributed by atoms with Crippen molar-refractivity contribution in [3.05, 3.63) is 45.9 Å². The standard InChI is InChI=1S/C20H24N2O2S/c1-2-17(3-1)22-8-6-20(7-9-22)23-13-16-10-15(4-5-19(16)24-20)11-18-12-21-14-25-18/h4-5,10,12,14,17H,1-3,6-9,11,13H2. The van der Waals surface area contributed by atoms with Crippen LogP contribution in [-0.2, 0) is 17.8 Å². The van der Waals surface area contributed by atoms with Gasteiger partial charge in [0.1, 0.15) is 5.75 Å². The first kappa shape index (κ1) is 15.8. The van der Waals surface area contributed by atoms with Crippen LogP contribution in [0.5, 0.6) is 5.75 Å². The number of ether oxygens (including phenoxy) is 2. The van der Waals surface area contributed by atoms with Gasteiger partial charge in [0.05, 0.1) is 12.1 Å². The van der Waals surface area contributed by atoms with Gasteiger partial charge in [0, 0.05) is 55.0 Å². The molecule has 3 heterocycles. The predicted octanol–water partition coefficient (Wildman–Crippen LogP) is 3.99. The summed E-state index contributed by atoms with van der Waals surface area (Å²) < 4.78 is 12.6. The second kappa shape index (κ2) is 6.38. The van der Waals surface area contributed by atoms with E-state index in [-0.39, 0.29) is 0 Å². The Labute approximate surface area is 152 Å². The fourth-order valence-corrected chi connectivity index (χ4v) is 4.78. The van der Waals surface area contributed by atoms with Gasteiger partial charge < -0.3 is 9.47 Å². The predicted molar refractivity (Wildman–Crippen MR) is 98.0 cm³/mol. The minimum atomic E-state index is -0.396. The summed E-state index contributed by atoms with van der Waals surface area (Å²) in [7, 11) is 0. The maximum atomic E-state index is 6.37. The smallest absolute Gasteiger partial charge is 0.213 e. The molecule has 0 amide bonds. The Morgan fingerprint density at radius 1 is 1.24 bits per heavy atom. The lowest BCUT2D eigenvalue weighted by atomic mass is 9.89. The fraction of sp³-hybridized carbons (Fsp3) is 0.550. The molecule has 1 aromatic heterocycles. The zero-order valence-electron chi connectivity index (χ0n) is 14.4. The van der Waals surface area contributed by atoms with E-state index in [0.717, 1.165) is 44.1 Å². The van der Waals surface area contributed by atoms with Crippen LogP contribution in [-0.4, -0.2) is 34.8 Å². The number of fused-ring (bicyclic) bond motifs is 1. The average Bonchev–Trinajstić information content (AvgIpc) is 3.09. The van der Waals surface area contributed by atoms with Crippen LogP contribution >= 0.6 is 11.3 Å². The van der Waals surface area contributed by atoms with Crippen molar-refractivity contribution in [1.82, 2.24) is 9.88 Å². The van der Waals surface area contributed by atoms with Gasteiger partial charge in [-0.15, -0.1) is 11.3 Å². The highest BCUT2D eigenvalue weighted by Crippen LogP contribution is 2.39. The summed E-state index contributed by atoms with van der Waals surface area (Å²) in [6.45, 7) is 2.86. The number of nitrogens with zero attached hydrogens (tertiary/aromatic N) is 2. The Kier molecular flexibility index (Phi) is 4.03. The van der Waals surface area contributed by atoms with Crippen LogP contribution in [0.3, 0.4) is 0 Å². The fourth-order valence-electron chi connectivity index (χ4n) is 4.15. The summed E-state index contributed by atoms with van der Waals surface area (Å²) in [6, 6.07) is 7.36. The van der Waals surface area contributed by atoms with Crippen LogP contribution in [0.1, 0.15) is 48.1 Å². The van der Waals surface area contributed by atoms with Crippen LogP contribution in [0.25, 0.3) is 0 Å². The number of aromatic nitrogens is 1. The van der Waals surface area contributed by atoms with E-state index in [9.17, 15) is 0 Å². The van der Waals surface area contributed by atoms with Gasteiger partial charge in [-0.25, -0.2) is 0 Å². The number of benzene rings is 1. The highest BCUT2D eigenvalue weighted by atomic mass is 32.1. The summed E-state index contributed by atoms with van der Waals surface area (Å²) in [5.74, 6) is 0.614. The van der Waals surface area contributed by atoms with Gasteiger partial charge in [0.25, 0.3) is 0 Å². The van der Waals surface area contributed by atoms with Crippen LogP contribution in [0.15, 0.2) is 29.9 Å². The van der Waals surface area contributed by atoms with Crippen molar-refractivity contribution >= 4 is 11.3 Å². The van der Waals surface area contributed by atoms with Gasteiger partial charge in [-0.2, -0.15) is 0 Å².